The second-order valence-electron chi connectivity index (χ2n) is 3.41. The fraction of sp³-hybridized carbons (Fsp3) is 0. The molecule has 0 saturated carbocycles. The van der Waals surface area contributed by atoms with Crippen LogP contribution in [0.15, 0.2) is 64.9 Å². The predicted octanol–water partition coefficient (Wildman–Crippen LogP) is 2.29. The van der Waals surface area contributed by atoms with Gasteiger partial charge in [-0.25, -0.2) is 0 Å². The Hall–Kier alpha value is -1.65. The Kier molecular flexibility index (Phi) is 6.26. The standard InChI is InChI=1S/C13H11N3OS.Zn/c17-12(11-8-4-5-9-14-11)15-16-13(18)10-6-2-1-3-7-10;/h1-9H,(H,15,17)(H,16,18);/p-1. The van der Waals surface area contributed by atoms with Crippen LogP contribution < -0.4 is 0 Å². The number of benzene rings is 1. The van der Waals surface area contributed by atoms with Gasteiger partial charge in [0.25, 0.3) is 5.90 Å². The molecule has 0 radical (unpaired) electrons. The Morgan fingerprint density at radius 2 is 1.68 bits per heavy atom. The number of aliphatic hydroxyl groups is 1. The number of nitrogens with zero attached hydrogens (tertiary/aromatic N) is 3. The first-order valence-electron chi connectivity index (χ1n) is 5.26. The monoisotopic (exact) mass is 320 g/mol. The summed E-state index contributed by atoms with van der Waals surface area (Å²) in [5.41, 5.74) is 1.14. The third kappa shape index (κ3) is 4.50. The summed E-state index contributed by atoms with van der Waals surface area (Å²) in [6, 6.07) is 14.4. The van der Waals surface area contributed by atoms with E-state index in [1.54, 1.807) is 24.4 Å². The molecule has 2 aromatic rings. The summed E-state index contributed by atoms with van der Waals surface area (Å²) in [6.45, 7) is 0. The van der Waals surface area contributed by atoms with Crippen molar-refractivity contribution in [1.82, 2.24) is 4.98 Å². The van der Waals surface area contributed by atoms with Gasteiger partial charge in [-0.1, -0.05) is 41.4 Å². The zero-order valence-electron chi connectivity index (χ0n) is 10.1. The molecule has 6 heteroatoms. The molecule has 2 rings (SSSR count). The van der Waals surface area contributed by atoms with E-state index in [0.717, 1.165) is 5.56 Å². The van der Waals surface area contributed by atoms with Gasteiger partial charge in [0.15, 0.2) is 0 Å². The fourth-order valence-corrected chi connectivity index (χ4v) is 1.45. The fourth-order valence-electron chi connectivity index (χ4n) is 1.28. The van der Waals surface area contributed by atoms with Gasteiger partial charge >= 0.3 is 0 Å². The Labute approximate surface area is 129 Å². The van der Waals surface area contributed by atoms with Gasteiger partial charge in [0.05, 0.1) is 0 Å². The molecule has 19 heavy (non-hydrogen) atoms. The maximum atomic E-state index is 9.65. The van der Waals surface area contributed by atoms with Gasteiger partial charge in [0, 0.05) is 25.7 Å². The first kappa shape index (κ1) is 15.4. The number of pyridine rings is 1. The van der Waals surface area contributed by atoms with Crippen LogP contribution in [0.5, 0.6) is 0 Å². The normalized spacial score (nSPS) is 11.8. The molecule has 1 aromatic carbocycles. The van der Waals surface area contributed by atoms with Gasteiger partial charge in [0.2, 0.25) is 0 Å². The van der Waals surface area contributed by atoms with Crippen LogP contribution in [0, 0.1) is 0 Å². The summed E-state index contributed by atoms with van der Waals surface area (Å²) < 4.78 is 0. The Morgan fingerprint density at radius 3 is 2.32 bits per heavy atom. The van der Waals surface area contributed by atoms with E-state index >= 15 is 0 Å². The van der Waals surface area contributed by atoms with Crippen LogP contribution in [0.4, 0.5) is 0 Å². The van der Waals surface area contributed by atoms with Crippen LogP contribution >= 0.6 is 0 Å². The van der Waals surface area contributed by atoms with Crippen LogP contribution in [0.1, 0.15) is 11.3 Å². The van der Waals surface area contributed by atoms with Crippen molar-refractivity contribution in [3.05, 3.63) is 66.0 Å². The minimum atomic E-state index is -0.256. The number of rotatable bonds is 3. The topological polar surface area (TPSA) is 57.8 Å². The number of hydrogen-bond acceptors (Lipinski definition) is 4. The molecule has 0 unspecified atom stereocenters. The summed E-state index contributed by atoms with van der Waals surface area (Å²) in [5.74, 6) is -0.256. The molecule has 0 bridgehead atoms. The molecule has 0 atom stereocenters. The number of aromatic nitrogens is 1. The van der Waals surface area contributed by atoms with Crippen molar-refractivity contribution in [3.63, 3.8) is 0 Å². The molecule has 0 saturated heterocycles. The third-order valence-corrected chi connectivity index (χ3v) is 2.47. The van der Waals surface area contributed by atoms with Gasteiger partial charge in [0.1, 0.15) is 5.69 Å². The first-order valence-corrected chi connectivity index (χ1v) is 5.66. The van der Waals surface area contributed by atoms with Gasteiger partial charge in [-0.15, -0.1) is 5.10 Å². The van der Waals surface area contributed by atoms with E-state index in [4.69, 9.17) is 12.6 Å². The molecule has 4 nitrogen and oxygen atoms in total. The quantitative estimate of drug-likeness (QED) is 0.310. The van der Waals surface area contributed by atoms with Crippen molar-refractivity contribution >= 4 is 23.6 Å². The summed E-state index contributed by atoms with van der Waals surface area (Å²) in [5, 5.41) is 17.4. The molecular formula is C13H10N3OSZn-. The second kappa shape index (κ2) is 7.71. The van der Waals surface area contributed by atoms with E-state index < -0.39 is 0 Å². The van der Waals surface area contributed by atoms with E-state index in [0.29, 0.717) is 10.7 Å². The Bertz CT molecular complexity index is 519. The summed E-state index contributed by atoms with van der Waals surface area (Å²) in [4.78, 5) is 3.95. The van der Waals surface area contributed by atoms with Crippen molar-refractivity contribution in [3.8, 4) is 0 Å². The third-order valence-electron chi connectivity index (χ3n) is 2.15. The van der Waals surface area contributed by atoms with Gasteiger partial charge < -0.3 is 17.7 Å². The maximum Gasteiger partial charge on any atom is 0.257 e. The van der Waals surface area contributed by atoms with Crippen molar-refractivity contribution in [2.24, 2.45) is 10.2 Å². The van der Waals surface area contributed by atoms with Crippen LogP contribution in [-0.4, -0.2) is 21.0 Å². The predicted molar refractivity (Wildman–Crippen MR) is 73.7 cm³/mol. The Morgan fingerprint density at radius 1 is 1.00 bits per heavy atom. The van der Waals surface area contributed by atoms with E-state index in [2.05, 4.69) is 15.2 Å². The first-order chi connectivity index (χ1) is 8.77. The number of aliphatic hydroxyl groups excluding tert-OH is 1. The molecule has 1 aromatic heterocycles. The molecule has 0 aliphatic heterocycles. The zero-order chi connectivity index (χ0) is 12.8. The molecule has 0 aliphatic rings. The molecule has 92 valence electrons. The second-order valence-corrected chi connectivity index (χ2v) is 3.80. The van der Waals surface area contributed by atoms with Gasteiger partial charge in [-0.2, -0.15) is 5.10 Å². The summed E-state index contributed by atoms with van der Waals surface area (Å²) >= 11 is 5.08. The smallest absolute Gasteiger partial charge is 0.257 e. The van der Waals surface area contributed by atoms with Crippen LogP contribution in [-0.2, 0) is 32.1 Å². The molecule has 1 heterocycles. The molecule has 0 fully saturated rings. The summed E-state index contributed by atoms with van der Waals surface area (Å²) in [7, 11) is 0. The number of hydrogen-bond donors (Lipinski definition) is 1. The van der Waals surface area contributed by atoms with E-state index in [9.17, 15) is 5.11 Å². The molecular weight excluding hydrogens is 312 g/mol. The van der Waals surface area contributed by atoms with E-state index in [1.807, 2.05) is 30.3 Å². The summed E-state index contributed by atoms with van der Waals surface area (Å²) in [6.07, 6.45) is 1.57. The van der Waals surface area contributed by atoms with Gasteiger partial charge in [-0.3, -0.25) is 4.98 Å². The SMILES string of the molecule is O/C(=N\N=C(/[S-])c1ccccc1)c1ccccn1.[Zn]. The Balaban J connectivity index is 0.00000180. The molecule has 1 N–H and O–H groups in total. The minimum Gasteiger partial charge on any atom is -0.758 e. The van der Waals surface area contributed by atoms with Crippen LogP contribution in [0.25, 0.3) is 0 Å². The maximum absolute atomic E-state index is 9.65. The molecule has 0 amide bonds. The average molecular weight is 322 g/mol. The zero-order valence-corrected chi connectivity index (χ0v) is 13.9. The average Bonchev–Trinajstić information content (AvgIpc) is 2.46. The van der Waals surface area contributed by atoms with Crippen molar-refractivity contribution < 1.29 is 24.6 Å². The minimum absolute atomic E-state index is 0. The molecule has 0 spiro atoms. The van der Waals surface area contributed by atoms with Crippen molar-refractivity contribution in [2.45, 2.75) is 0 Å². The van der Waals surface area contributed by atoms with Crippen LogP contribution in [0.3, 0.4) is 0 Å². The van der Waals surface area contributed by atoms with Gasteiger partial charge in [-0.05, 0) is 17.7 Å². The van der Waals surface area contributed by atoms with E-state index in [1.165, 1.54) is 0 Å². The van der Waals surface area contributed by atoms with Crippen molar-refractivity contribution in [1.29, 1.82) is 0 Å². The van der Waals surface area contributed by atoms with E-state index in [-0.39, 0.29) is 25.4 Å². The molecule has 0 aliphatic carbocycles. The largest absolute Gasteiger partial charge is 0.758 e. The van der Waals surface area contributed by atoms with Crippen LogP contribution in [0.2, 0.25) is 0 Å². The van der Waals surface area contributed by atoms with Crippen molar-refractivity contribution in [2.75, 3.05) is 0 Å².